The number of hydrogen-bond donors (Lipinski definition) is 2. The number of carbonyl (C=O) groups excluding carboxylic acids is 2. The van der Waals surface area contributed by atoms with Crippen molar-refractivity contribution in [3.05, 3.63) is 59.9 Å². The molecule has 4 rings (SSSR count). The van der Waals surface area contributed by atoms with Crippen molar-refractivity contribution < 1.29 is 32.6 Å². The SMILES string of the molecule is O=C(NCC(=O)N1CCC[C@@H]1CO)c1ccc2cc(Oc3ccc(C(F)(F)F)cn3)ccc2n1. The maximum atomic E-state index is 12.7. The Morgan fingerprint density at radius 2 is 2.00 bits per heavy atom. The zero-order valence-corrected chi connectivity index (χ0v) is 17.9. The van der Waals surface area contributed by atoms with Crippen molar-refractivity contribution in [2.45, 2.75) is 25.1 Å². The lowest BCUT2D eigenvalue weighted by atomic mass is 10.2. The van der Waals surface area contributed by atoms with Crippen LogP contribution in [0.2, 0.25) is 0 Å². The van der Waals surface area contributed by atoms with Crippen molar-refractivity contribution in [3.63, 3.8) is 0 Å². The Hall–Kier alpha value is -3.73. The third-order valence-electron chi connectivity index (χ3n) is 5.49. The summed E-state index contributed by atoms with van der Waals surface area (Å²) in [6.07, 6.45) is -2.23. The first-order valence-electron chi connectivity index (χ1n) is 10.5. The average Bonchev–Trinajstić information content (AvgIpc) is 3.31. The molecule has 8 nitrogen and oxygen atoms in total. The summed E-state index contributed by atoms with van der Waals surface area (Å²) in [4.78, 5) is 34.3. The van der Waals surface area contributed by atoms with Crippen molar-refractivity contribution in [2.75, 3.05) is 19.7 Å². The van der Waals surface area contributed by atoms with E-state index in [1.165, 1.54) is 6.07 Å². The van der Waals surface area contributed by atoms with Gasteiger partial charge in [-0.1, -0.05) is 6.07 Å². The highest BCUT2D eigenvalue weighted by Crippen LogP contribution is 2.30. The van der Waals surface area contributed by atoms with E-state index in [2.05, 4.69) is 15.3 Å². The molecule has 1 aliphatic rings. The lowest BCUT2D eigenvalue weighted by Crippen LogP contribution is -2.43. The number of benzene rings is 1. The van der Waals surface area contributed by atoms with Gasteiger partial charge in [0.2, 0.25) is 11.8 Å². The molecule has 178 valence electrons. The summed E-state index contributed by atoms with van der Waals surface area (Å²) in [6, 6.07) is 9.73. The molecule has 0 bridgehead atoms. The molecule has 0 unspecified atom stereocenters. The first kappa shape index (κ1) is 23.4. The highest BCUT2D eigenvalue weighted by Gasteiger charge is 2.31. The van der Waals surface area contributed by atoms with Crippen LogP contribution in [-0.2, 0) is 11.0 Å². The zero-order valence-electron chi connectivity index (χ0n) is 17.9. The van der Waals surface area contributed by atoms with Crippen molar-refractivity contribution in [3.8, 4) is 11.6 Å². The first-order chi connectivity index (χ1) is 16.2. The molecule has 2 N–H and O–H groups in total. The second-order valence-electron chi connectivity index (χ2n) is 7.78. The Morgan fingerprint density at radius 1 is 1.18 bits per heavy atom. The smallest absolute Gasteiger partial charge is 0.417 e. The van der Waals surface area contributed by atoms with Gasteiger partial charge in [-0.05, 0) is 43.2 Å². The van der Waals surface area contributed by atoms with Crippen molar-refractivity contribution in [1.29, 1.82) is 0 Å². The fourth-order valence-electron chi connectivity index (χ4n) is 3.72. The number of rotatable bonds is 6. The molecule has 3 heterocycles. The van der Waals surface area contributed by atoms with Gasteiger partial charge in [-0.25, -0.2) is 9.97 Å². The number of alkyl halides is 3. The van der Waals surface area contributed by atoms with Crippen LogP contribution < -0.4 is 10.1 Å². The number of hydrogen-bond acceptors (Lipinski definition) is 6. The molecule has 2 aromatic heterocycles. The van der Waals surface area contributed by atoms with Crippen LogP contribution in [-0.4, -0.2) is 57.5 Å². The van der Waals surface area contributed by atoms with E-state index in [1.54, 1.807) is 29.2 Å². The molecule has 2 amide bonds. The van der Waals surface area contributed by atoms with Gasteiger partial charge in [-0.15, -0.1) is 0 Å². The Bertz CT molecular complexity index is 1200. The van der Waals surface area contributed by atoms with Gasteiger partial charge in [-0.3, -0.25) is 9.59 Å². The van der Waals surface area contributed by atoms with Crippen LogP contribution in [0.3, 0.4) is 0 Å². The number of fused-ring (bicyclic) bond motifs is 1. The minimum atomic E-state index is -4.48. The number of aromatic nitrogens is 2. The summed E-state index contributed by atoms with van der Waals surface area (Å²) in [5.41, 5.74) is -0.256. The van der Waals surface area contributed by atoms with E-state index in [-0.39, 0.29) is 36.7 Å². The van der Waals surface area contributed by atoms with Gasteiger partial charge in [0.25, 0.3) is 5.91 Å². The molecular formula is C23H21F3N4O4. The number of likely N-dealkylation sites (tertiary alicyclic amines) is 1. The Morgan fingerprint density at radius 3 is 2.71 bits per heavy atom. The zero-order chi connectivity index (χ0) is 24.3. The third-order valence-corrected chi connectivity index (χ3v) is 5.49. The Balaban J connectivity index is 1.40. The minimum Gasteiger partial charge on any atom is -0.439 e. The lowest BCUT2D eigenvalue weighted by molar-refractivity contribution is -0.137. The van der Waals surface area contributed by atoms with Gasteiger partial charge in [0, 0.05) is 24.2 Å². The molecule has 1 aliphatic heterocycles. The van der Waals surface area contributed by atoms with E-state index < -0.39 is 17.6 Å². The fraction of sp³-hybridized carbons (Fsp3) is 0.304. The van der Waals surface area contributed by atoms with E-state index in [0.29, 0.717) is 29.4 Å². The molecular weight excluding hydrogens is 453 g/mol. The summed E-state index contributed by atoms with van der Waals surface area (Å²) in [7, 11) is 0. The lowest BCUT2D eigenvalue weighted by Gasteiger charge is -2.23. The minimum absolute atomic E-state index is 0.00223. The van der Waals surface area contributed by atoms with E-state index in [9.17, 15) is 27.9 Å². The average molecular weight is 474 g/mol. The van der Waals surface area contributed by atoms with Crippen LogP contribution in [0.1, 0.15) is 28.9 Å². The molecule has 1 aromatic carbocycles. The molecule has 0 radical (unpaired) electrons. The topological polar surface area (TPSA) is 105 Å². The number of ether oxygens (including phenoxy) is 1. The molecule has 1 saturated heterocycles. The maximum Gasteiger partial charge on any atom is 0.417 e. The van der Waals surface area contributed by atoms with Crippen LogP contribution in [0.15, 0.2) is 48.7 Å². The molecule has 0 aliphatic carbocycles. The van der Waals surface area contributed by atoms with E-state index in [1.807, 2.05) is 0 Å². The summed E-state index contributed by atoms with van der Waals surface area (Å²) in [5.74, 6) is -0.426. The standard InChI is InChI=1S/C23H21F3N4O4/c24-23(25,26)15-4-8-20(27-11-15)34-17-5-7-18-14(10-17)3-6-19(29-18)22(33)28-12-21(32)30-9-1-2-16(30)13-31/h3-8,10-11,16,31H,1-2,9,12-13H2,(H,28,33)/t16-/m1/s1. The fourth-order valence-corrected chi connectivity index (χ4v) is 3.72. The molecule has 34 heavy (non-hydrogen) atoms. The van der Waals surface area contributed by atoms with Gasteiger partial charge < -0.3 is 20.1 Å². The third kappa shape index (κ3) is 5.25. The number of halogens is 3. The number of nitrogens with zero attached hydrogens (tertiary/aromatic N) is 3. The molecule has 1 fully saturated rings. The van der Waals surface area contributed by atoms with E-state index in [4.69, 9.17) is 4.74 Å². The largest absolute Gasteiger partial charge is 0.439 e. The summed E-state index contributed by atoms with van der Waals surface area (Å²) < 4.78 is 43.5. The van der Waals surface area contributed by atoms with Crippen molar-refractivity contribution >= 4 is 22.7 Å². The molecule has 3 aromatic rings. The van der Waals surface area contributed by atoms with E-state index in [0.717, 1.165) is 25.0 Å². The number of aliphatic hydroxyl groups excluding tert-OH is 1. The predicted octanol–water partition coefficient (Wildman–Crippen LogP) is 3.15. The van der Waals surface area contributed by atoms with Crippen LogP contribution >= 0.6 is 0 Å². The van der Waals surface area contributed by atoms with Gasteiger partial charge in [0.1, 0.15) is 11.4 Å². The number of aliphatic hydroxyl groups is 1. The van der Waals surface area contributed by atoms with Gasteiger partial charge in [0.05, 0.1) is 30.3 Å². The van der Waals surface area contributed by atoms with Crippen LogP contribution in [0.25, 0.3) is 10.9 Å². The first-order valence-corrected chi connectivity index (χ1v) is 10.5. The molecule has 0 spiro atoms. The van der Waals surface area contributed by atoms with Crippen molar-refractivity contribution in [1.82, 2.24) is 20.2 Å². The highest BCUT2D eigenvalue weighted by atomic mass is 19.4. The number of pyridine rings is 2. The predicted molar refractivity (Wildman–Crippen MR) is 115 cm³/mol. The molecule has 0 saturated carbocycles. The maximum absolute atomic E-state index is 12.7. The number of carbonyl (C=O) groups is 2. The normalized spacial score (nSPS) is 16.0. The van der Waals surface area contributed by atoms with Gasteiger partial charge in [0.15, 0.2) is 0 Å². The number of nitrogens with one attached hydrogen (secondary N) is 1. The van der Waals surface area contributed by atoms with Gasteiger partial charge >= 0.3 is 6.18 Å². The Kier molecular flexibility index (Phi) is 6.64. The summed E-state index contributed by atoms with van der Waals surface area (Å²) in [5, 5.41) is 12.5. The van der Waals surface area contributed by atoms with E-state index >= 15 is 0 Å². The second kappa shape index (κ2) is 9.64. The van der Waals surface area contributed by atoms with Crippen LogP contribution in [0.4, 0.5) is 13.2 Å². The monoisotopic (exact) mass is 474 g/mol. The van der Waals surface area contributed by atoms with Crippen LogP contribution in [0.5, 0.6) is 11.6 Å². The highest BCUT2D eigenvalue weighted by molar-refractivity contribution is 5.97. The number of amides is 2. The Labute approximate surface area is 192 Å². The summed E-state index contributed by atoms with van der Waals surface area (Å²) >= 11 is 0. The van der Waals surface area contributed by atoms with Gasteiger partial charge in [-0.2, -0.15) is 13.2 Å². The van der Waals surface area contributed by atoms with Crippen LogP contribution in [0, 0.1) is 0 Å². The summed E-state index contributed by atoms with van der Waals surface area (Å²) in [6.45, 7) is 0.259. The quantitative estimate of drug-likeness (QED) is 0.569. The van der Waals surface area contributed by atoms with Crippen molar-refractivity contribution in [2.24, 2.45) is 0 Å². The molecule has 1 atom stereocenters. The second-order valence-corrected chi connectivity index (χ2v) is 7.78. The molecule has 11 heteroatoms.